The van der Waals surface area contributed by atoms with E-state index in [4.69, 9.17) is 17.0 Å². The fraction of sp³-hybridized carbons (Fsp3) is 0.118. The fourth-order valence-electron chi connectivity index (χ4n) is 2.28. The van der Waals surface area contributed by atoms with Gasteiger partial charge in [-0.25, -0.2) is 5.10 Å². The van der Waals surface area contributed by atoms with Gasteiger partial charge in [0.25, 0.3) is 0 Å². The number of H-pyrrole nitrogens is 1. The van der Waals surface area contributed by atoms with Crippen molar-refractivity contribution in [3.8, 4) is 17.1 Å². The van der Waals surface area contributed by atoms with Gasteiger partial charge in [-0.05, 0) is 48.5 Å². The van der Waals surface area contributed by atoms with Crippen molar-refractivity contribution in [2.24, 2.45) is 5.10 Å². The minimum absolute atomic E-state index is 0.449. The molecule has 0 saturated carbocycles. The smallest absolute Gasteiger partial charge is 0.216 e. The molecule has 1 aromatic heterocycles. The molecule has 0 amide bonds. The highest BCUT2D eigenvalue weighted by molar-refractivity contribution is 7.71. The number of hydrogen-bond acceptors (Lipinski definition) is 4. The van der Waals surface area contributed by atoms with Gasteiger partial charge in [0.1, 0.15) is 5.75 Å². The number of rotatable bonds is 4. The van der Waals surface area contributed by atoms with Crippen molar-refractivity contribution in [1.82, 2.24) is 14.9 Å². The molecule has 3 rings (SSSR count). The van der Waals surface area contributed by atoms with Crippen molar-refractivity contribution in [2.75, 3.05) is 7.11 Å². The molecule has 23 heavy (non-hydrogen) atoms. The third-order valence-corrected chi connectivity index (χ3v) is 3.69. The van der Waals surface area contributed by atoms with Crippen LogP contribution in [0.25, 0.3) is 11.4 Å². The van der Waals surface area contributed by atoms with E-state index in [0.717, 1.165) is 22.4 Å². The molecule has 6 heteroatoms. The third kappa shape index (κ3) is 3.22. The minimum atomic E-state index is 0.449. The Kier molecular flexibility index (Phi) is 4.34. The number of aryl methyl sites for hydroxylation is 1. The van der Waals surface area contributed by atoms with Crippen LogP contribution in [-0.2, 0) is 0 Å². The van der Waals surface area contributed by atoms with Crippen molar-refractivity contribution in [2.45, 2.75) is 6.92 Å². The number of nitrogens with one attached hydrogen (secondary N) is 1. The average Bonchev–Trinajstić information content (AvgIpc) is 2.94. The van der Waals surface area contributed by atoms with E-state index in [9.17, 15) is 0 Å². The number of benzene rings is 2. The lowest BCUT2D eigenvalue weighted by Gasteiger charge is -2.04. The Balaban J connectivity index is 1.96. The molecule has 0 saturated heterocycles. The second-order valence-corrected chi connectivity index (χ2v) is 5.39. The Labute approximate surface area is 139 Å². The molecule has 0 aliphatic heterocycles. The summed E-state index contributed by atoms with van der Waals surface area (Å²) in [6, 6.07) is 15.7. The molecule has 0 atom stereocenters. The van der Waals surface area contributed by atoms with Gasteiger partial charge in [0, 0.05) is 5.56 Å². The molecule has 5 nitrogen and oxygen atoms in total. The molecule has 3 aromatic rings. The quantitative estimate of drug-likeness (QED) is 0.586. The lowest BCUT2D eigenvalue weighted by molar-refractivity contribution is 0.411. The summed E-state index contributed by atoms with van der Waals surface area (Å²) in [5.41, 5.74) is 2.96. The van der Waals surface area contributed by atoms with Crippen LogP contribution in [0.2, 0.25) is 0 Å². The van der Waals surface area contributed by atoms with Crippen molar-refractivity contribution in [1.29, 1.82) is 0 Å². The summed E-state index contributed by atoms with van der Waals surface area (Å²) in [5, 5.41) is 11.5. The van der Waals surface area contributed by atoms with Gasteiger partial charge in [-0.15, -0.1) is 0 Å². The van der Waals surface area contributed by atoms with Gasteiger partial charge >= 0.3 is 0 Å². The number of ether oxygens (including phenoxy) is 1. The summed E-state index contributed by atoms with van der Waals surface area (Å²) in [6.45, 7) is 2.00. The molecular weight excluding hydrogens is 308 g/mol. The predicted octanol–water partition coefficient (Wildman–Crippen LogP) is 3.81. The van der Waals surface area contributed by atoms with Crippen LogP contribution in [0, 0.1) is 11.7 Å². The van der Waals surface area contributed by atoms with Crippen molar-refractivity contribution in [3.63, 3.8) is 0 Å². The Morgan fingerprint density at radius 2 is 2.00 bits per heavy atom. The van der Waals surface area contributed by atoms with Crippen LogP contribution in [-0.4, -0.2) is 28.2 Å². The van der Waals surface area contributed by atoms with E-state index in [0.29, 0.717) is 10.6 Å². The van der Waals surface area contributed by atoms with Crippen molar-refractivity contribution >= 4 is 18.4 Å². The van der Waals surface area contributed by atoms with Crippen LogP contribution in [0.15, 0.2) is 53.6 Å². The number of aromatic amines is 1. The van der Waals surface area contributed by atoms with Crippen molar-refractivity contribution < 1.29 is 4.74 Å². The summed E-state index contributed by atoms with van der Waals surface area (Å²) in [5.74, 6) is 1.53. The molecule has 0 bridgehead atoms. The first kappa shape index (κ1) is 15.2. The number of methoxy groups -OCH3 is 1. The number of hydrogen-bond donors (Lipinski definition) is 1. The normalized spacial score (nSPS) is 11.0. The Morgan fingerprint density at radius 3 is 2.70 bits per heavy atom. The predicted molar refractivity (Wildman–Crippen MR) is 93.6 cm³/mol. The number of nitrogens with zero attached hydrogens (tertiary/aromatic N) is 3. The van der Waals surface area contributed by atoms with Crippen molar-refractivity contribution in [3.05, 3.63) is 64.4 Å². The summed E-state index contributed by atoms with van der Waals surface area (Å²) >= 11 is 5.26. The second-order valence-electron chi connectivity index (χ2n) is 5.00. The number of aromatic nitrogens is 3. The zero-order valence-electron chi connectivity index (χ0n) is 12.9. The van der Waals surface area contributed by atoms with Crippen LogP contribution in [0.4, 0.5) is 0 Å². The van der Waals surface area contributed by atoms with E-state index in [1.54, 1.807) is 18.0 Å². The average molecular weight is 324 g/mol. The Morgan fingerprint density at radius 1 is 1.22 bits per heavy atom. The van der Waals surface area contributed by atoms with Gasteiger partial charge in [-0.1, -0.05) is 30.3 Å². The topological polar surface area (TPSA) is 55.2 Å². The lowest BCUT2D eigenvalue weighted by Crippen LogP contribution is -1.95. The molecule has 0 aliphatic rings. The molecular formula is C17H16N4OS. The standard InChI is InChI=1S/C17H16N4OS/c1-12-10-13(8-9-15(12)22-2)11-18-21-16(19-20-17(21)23)14-6-4-3-5-7-14/h3-11H,1-2H3,(H,20,23)/b18-11-. The molecule has 116 valence electrons. The molecule has 1 N–H and O–H groups in total. The van der Waals surface area contributed by atoms with E-state index < -0.39 is 0 Å². The maximum absolute atomic E-state index is 5.27. The van der Waals surface area contributed by atoms with Gasteiger partial charge in [0.2, 0.25) is 4.77 Å². The monoisotopic (exact) mass is 324 g/mol. The highest BCUT2D eigenvalue weighted by atomic mass is 32.1. The molecule has 0 fully saturated rings. The van der Waals surface area contributed by atoms with Crippen LogP contribution in [0.5, 0.6) is 5.75 Å². The molecule has 0 aliphatic carbocycles. The second kappa shape index (κ2) is 6.58. The maximum atomic E-state index is 5.27. The van der Waals surface area contributed by atoms with E-state index in [1.807, 2.05) is 55.5 Å². The van der Waals surface area contributed by atoms with E-state index in [1.165, 1.54) is 0 Å². The van der Waals surface area contributed by atoms with Gasteiger partial charge < -0.3 is 4.74 Å². The van der Waals surface area contributed by atoms with Crippen LogP contribution < -0.4 is 4.74 Å². The highest BCUT2D eigenvalue weighted by Crippen LogP contribution is 2.19. The first-order valence-corrected chi connectivity index (χ1v) is 7.51. The zero-order chi connectivity index (χ0) is 16.2. The Bertz CT molecular complexity index is 896. The molecule has 0 spiro atoms. The highest BCUT2D eigenvalue weighted by Gasteiger charge is 2.07. The third-order valence-electron chi connectivity index (χ3n) is 3.42. The van der Waals surface area contributed by atoms with Gasteiger partial charge in [-0.3, -0.25) is 0 Å². The van der Waals surface area contributed by atoms with Crippen LogP contribution in [0.1, 0.15) is 11.1 Å². The van der Waals surface area contributed by atoms with Crippen LogP contribution in [0.3, 0.4) is 0 Å². The maximum Gasteiger partial charge on any atom is 0.216 e. The van der Waals surface area contributed by atoms with Crippen LogP contribution >= 0.6 is 12.2 Å². The van der Waals surface area contributed by atoms with E-state index in [2.05, 4.69) is 15.3 Å². The molecule has 0 unspecified atom stereocenters. The summed E-state index contributed by atoms with van der Waals surface area (Å²) < 4.78 is 7.33. The zero-order valence-corrected chi connectivity index (χ0v) is 13.7. The van der Waals surface area contributed by atoms with Gasteiger partial charge in [0.05, 0.1) is 13.3 Å². The lowest BCUT2D eigenvalue weighted by atomic mass is 10.1. The molecule has 2 aromatic carbocycles. The minimum Gasteiger partial charge on any atom is -0.496 e. The molecule has 0 radical (unpaired) electrons. The SMILES string of the molecule is COc1ccc(/C=N\n2c(-c3ccccc3)n[nH]c2=S)cc1C. The van der Waals surface area contributed by atoms with E-state index >= 15 is 0 Å². The van der Waals surface area contributed by atoms with Gasteiger partial charge in [-0.2, -0.15) is 14.9 Å². The summed E-state index contributed by atoms with van der Waals surface area (Å²) in [4.78, 5) is 0. The first-order valence-electron chi connectivity index (χ1n) is 7.11. The summed E-state index contributed by atoms with van der Waals surface area (Å²) in [7, 11) is 1.66. The fourth-order valence-corrected chi connectivity index (χ4v) is 2.46. The first-order chi connectivity index (χ1) is 11.2. The largest absolute Gasteiger partial charge is 0.496 e. The Hall–Kier alpha value is -2.73. The van der Waals surface area contributed by atoms with Gasteiger partial charge in [0.15, 0.2) is 5.82 Å². The van der Waals surface area contributed by atoms with E-state index in [-0.39, 0.29) is 0 Å². The summed E-state index contributed by atoms with van der Waals surface area (Å²) in [6.07, 6.45) is 1.75. The molecule has 1 heterocycles.